The topological polar surface area (TPSA) is 85.2 Å². The summed E-state index contributed by atoms with van der Waals surface area (Å²) >= 11 is 0. The summed E-state index contributed by atoms with van der Waals surface area (Å²) in [6.45, 7) is 5.65. The summed E-state index contributed by atoms with van der Waals surface area (Å²) in [5, 5.41) is 9.81. The molecule has 1 unspecified atom stereocenters. The van der Waals surface area contributed by atoms with Crippen molar-refractivity contribution in [1.82, 2.24) is 0 Å². The molecule has 0 bridgehead atoms. The number of aliphatic imine (C=N–C) groups is 1. The first-order valence-corrected chi connectivity index (χ1v) is 11.8. The van der Waals surface area contributed by atoms with Gasteiger partial charge in [0, 0.05) is 29.3 Å². The Hall–Kier alpha value is -3.41. The first-order chi connectivity index (χ1) is 16.3. The monoisotopic (exact) mass is 461 g/mol. The van der Waals surface area contributed by atoms with Gasteiger partial charge < -0.3 is 14.6 Å². The summed E-state index contributed by atoms with van der Waals surface area (Å²) in [6.07, 6.45) is 1.45. The molecule has 0 radical (unpaired) electrons. The molecular formula is C28H31NO5. The third-order valence-corrected chi connectivity index (χ3v) is 6.87. The molecule has 178 valence electrons. The van der Waals surface area contributed by atoms with Gasteiger partial charge in [0.2, 0.25) is 0 Å². The quantitative estimate of drug-likeness (QED) is 0.589. The van der Waals surface area contributed by atoms with Crippen molar-refractivity contribution < 1.29 is 24.2 Å². The predicted octanol–water partition coefficient (Wildman–Crippen LogP) is 5.32. The highest BCUT2D eigenvalue weighted by molar-refractivity contribution is 6.09. The minimum atomic E-state index is -0.682. The number of benzene rings is 2. The molecule has 0 aromatic heterocycles. The number of phenolic OH excluding ortho intramolecular Hbond substituents is 1. The minimum absolute atomic E-state index is 0.00210. The Bertz CT molecular complexity index is 1130. The predicted molar refractivity (Wildman–Crippen MR) is 130 cm³/mol. The largest absolute Gasteiger partial charge is 0.508 e. The van der Waals surface area contributed by atoms with Gasteiger partial charge in [-0.2, -0.15) is 0 Å². The van der Waals surface area contributed by atoms with Crippen molar-refractivity contribution in [3.05, 3.63) is 70.9 Å². The maximum absolute atomic E-state index is 13.6. The second-order valence-electron chi connectivity index (χ2n) is 9.12. The van der Waals surface area contributed by atoms with E-state index in [9.17, 15) is 14.7 Å². The van der Waals surface area contributed by atoms with Crippen LogP contribution in [0.5, 0.6) is 11.5 Å². The van der Waals surface area contributed by atoms with Crippen LogP contribution in [0.15, 0.2) is 64.8 Å². The average Bonchev–Trinajstić information content (AvgIpc) is 2.83. The first kappa shape index (κ1) is 23.7. The van der Waals surface area contributed by atoms with Crippen LogP contribution in [0.3, 0.4) is 0 Å². The second kappa shape index (κ2) is 9.84. The molecule has 6 nitrogen and oxygen atoms in total. The fourth-order valence-corrected chi connectivity index (χ4v) is 4.87. The fourth-order valence-electron chi connectivity index (χ4n) is 4.87. The van der Waals surface area contributed by atoms with Crippen molar-refractivity contribution in [2.45, 2.75) is 58.0 Å². The molecule has 0 amide bonds. The zero-order chi connectivity index (χ0) is 24.4. The van der Waals surface area contributed by atoms with Crippen LogP contribution < -0.4 is 4.74 Å². The molecule has 4 rings (SSSR count). The number of esters is 1. The number of phenols is 1. The Morgan fingerprint density at radius 2 is 1.74 bits per heavy atom. The lowest BCUT2D eigenvalue weighted by molar-refractivity contribution is -0.151. The highest BCUT2D eigenvalue weighted by Crippen LogP contribution is 2.47. The van der Waals surface area contributed by atoms with Crippen LogP contribution in [0, 0.1) is 5.92 Å². The Morgan fingerprint density at radius 1 is 1.09 bits per heavy atom. The van der Waals surface area contributed by atoms with E-state index in [2.05, 4.69) is 0 Å². The van der Waals surface area contributed by atoms with E-state index in [4.69, 9.17) is 14.5 Å². The van der Waals surface area contributed by atoms with Crippen molar-refractivity contribution in [2.75, 3.05) is 7.11 Å². The van der Waals surface area contributed by atoms with E-state index in [0.717, 1.165) is 22.6 Å². The van der Waals surface area contributed by atoms with Crippen molar-refractivity contribution >= 4 is 17.5 Å². The molecule has 4 atom stereocenters. The van der Waals surface area contributed by atoms with E-state index in [1.807, 2.05) is 45.0 Å². The Balaban J connectivity index is 1.75. The summed E-state index contributed by atoms with van der Waals surface area (Å²) < 4.78 is 11.0. The lowest BCUT2D eigenvalue weighted by atomic mass is 9.69. The van der Waals surface area contributed by atoms with Crippen LogP contribution in [-0.2, 0) is 14.3 Å². The number of methoxy groups -OCH3 is 1. The molecule has 34 heavy (non-hydrogen) atoms. The van der Waals surface area contributed by atoms with Gasteiger partial charge in [0.25, 0.3) is 0 Å². The van der Waals surface area contributed by atoms with Crippen molar-refractivity contribution in [2.24, 2.45) is 10.9 Å². The number of aromatic hydroxyl groups is 1. The normalized spacial score (nSPS) is 23.1. The third kappa shape index (κ3) is 4.63. The van der Waals surface area contributed by atoms with Crippen LogP contribution >= 0.6 is 0 Å². The summed E-state index contributed by atoms with van der Waals surface area (Å²) in [5.74, 6) is -0.631. The number of carbonyl (C=O) groups excluding carboxylic acids is 2. The van der Waals surface area contributed by atoms with E-state index >= 15 is 0 Å². The summed E-state index contributed by atoms with van der Waals surface area (Å²) in [4.78, 5) is 31.6. The van der Waals surface area contributed by atoms with E-state index < -0.39 is 11.8 Å². The molecule has 2 aromatic rings. The molecule has 1 aliphatic carbocycles. The number of carbonyl (C=O) groups is 2. The molecule has 2 aliphatic rings. The number of ether oxygens (including phenoxy) is 2. The van der Waals surface area contributed by atoms with Gasteiger partial charge in [-0.25, -0.2) is 0 Å². The Labute approximate surface area is 200 Å². The summed E-state index contributed by atoms with van der Waals surface area (Å²) in [7, 11) is 1.63. The van der Waals surface area contributed by atoms with Crippen LogP contribution in [-0.4, -0.2) is 35.8 Å². The van der Waals surface area contributed by atoms with Gasteiger partial charge in [-0.05, 0) is 68.0 Å². The average molecular weight is 462 g/mol. The van der Waals surface area contributed by atoms with Crippen molar-refractivity contribution in [1.29, 1.82) is 0 Å². The molecule has 1 aliphatic heterocycles. The minimum Gasteiger partial charge on any atom is -0.508 e. The molecule has 0 saturated heterocycles. The van der Waals surface area contributed by atoms with Crippen LogP contribution in [0.25, 0.3) is 0 Å². The lowest BCUT2D eigenvalue weighted by Crippen LogP contribution is -2.39. The summed E-state index contributed by atoms with van der Waals surface area (Å²) in [6, 6.07) is 14.5. The van der Waals surface area contributed by atoms with Gasteiger partial charge in [0.15, 0.2) is 5.78 Å². The number of Topliss-reactive ketones (excluding diaryl/α,β-unsaturated/α-hetero) is 1. The zero-order valence-electron chi connectivity index (χ0n) is 20.1. The van der Waals surface area contributed by atoms with Crippen LogP contribution in [0.4, 0.5) is 0 Å². The van der Waals surface area contributed by atoms with Gasteiger partial charge in [-0.1, -0.05) is 31.2 Å². The van der Waals surface area contributed by atoms with Gasteiger partial charge in [-0.3, -0.25) is 14.6 Å². The molecule has 1 heterocycles. The maximum Gasteiger partial charge on any atom is 0.315 e. The summed E-state index contributed by atoms with van der Waals surface area (Å²) in [5.41, 5.74) is 3.83. The van der Waals surface area contributed by atoms with E-state index in [-0.39, 0.29) is 29.5 Å². The third-order valence-electron chi connectivity index (χ3n) is 6.87. The first-order valence-electron chi connectivity index (χ1n) is 11.8. The second-order valence-corrected chi connectivity index (χ2v) is 9.12. The van der Waals surface area contributed by atoms with E-state index in [0.29, 0.717) is 30.5 Å². The van der Waals surface area contributed by atoms with Crippen LogP contribution in [0.2, 0.25) is 0 Å². The molecule has 6 heteroatoms. The number of allylic oxidation sites excluding steroid dienone is 2. The molecular weight excluding hydrogens is 430 g/mol. The zero-order valence-corrected chi connectivity index (χ0v) is 20.1. The van der Waals surface area contributed by atoms with E-state index in [1.54, 1.807) is 31.4 Å². The van der Waals surface area contributed by atoms with Crippen molar-refractivity contribution in [3.63, 3.8) is 0 Å². The van der Waals surface area contributed by atoms with Gasteiger partial charge in [0.05, 0.1) is 13.2 Å². The molecule has 0 fully saturated rings. The van der Waals surface area contributed by atoms with Gasteiger partial charge >= 0.3 is 5.97 Å². The molecule has 0 saturated carbocycles. The standard InChI is InChI=1S/C28H31NO5/c1-5-16(2)34-28(32)25-17(3)29-23-14-20(18-8-12-22(33-4)13-9-18)15-24(31)27(23)26(25)19-6-10-21(30)11-7-19/h6-13,16,20,25-26,30H,5,14-15H2,1-4H3/t16-,20+,25?,26+/m0/s1. The highest BCUT2D eigenvalue weighted by Gasteiger charge is 2.45. The number of ketones is 1. The fraction of sp³-hybridized carbons (Fsp3) is 0.393. The number of hydrogen-bond donors (Lipinski definition) is 1. The number of hydrogen-bond acceptors (Lipinski definition) is 6. The number of rotatable bonds is 6. The molecule has 1 N–H and O–H groups in total. The van der Waals surface area contributed by atoms with E-state index in [1.165, 1.54) is 0 Å². The SMILES string of the molecule is CC[C@H](C)OC(=O)C1C(C)=NC2=C(C(=O)C[C@H](c3ccc(OC)cc3)C2)[C@@H]1c1ccc(O)cc1. The number of nitrogens with zero attached hydrogens (tertiary/aromatic N) is 1. The lowest BCUT2D eigenvalue weighted by Gasteiger charge is -2.37. The molecule has 0 spiro atoms. The molecule has 2 aromatic carbocycles. The van der Waals surface area contributed by atoms with Gasteiger partial charge in [0.1, 0.15) is 17.4 Å². The highest BCUT2D eigenvalue weighted by atomic mass is 16.5. The maximum atomic E-state index is 13.6. The van der Waals surface area contributed by atoms with Crippen molar-refractivity contribution in [3.8, 4) is 11.5 Å². The smallest absolute Gasteiger partial charge is 0.315 e. The van der Waals surface area contributed by atoms with Crippen LogP contribution in [0.1, 0.15) is 63.0 Å². The Kier molecular flexibility index (Phi) is 6.87. The Morgan fingerprint density at radius 3 is 2.35 bits per heavy atom. The van der Waals surface area contributed by atoms with Gasteiger partial charge in [-0.15, -0.1) is 0 Å².